The second-order valence-electron chi connectivity index (χ2n) is 6.21. The van der Waals surface area contributed by atoms with Crippen molar-refractivity contribution in [1.82, 2.24) is 19.4 Å². The average Bonchev–Trinajstić information content (AvgIpc) is 3.19. The molecule has 1 aliphatic heterocycles. The van der Waals surface area contributed by atoms with Gasteiger partial charge in [0, 0.05) is 19.3 Å². The van der Waals surface area contributed by atoms with E-state index >= 15 is 0 Å². The van der Waals surface area contributed by atoms with Gasteiger partial charge in [-0.25, -0.2) is 8.42 Å². The Hall–Kier alpha value is -2.62. The van der Waals surface area contributed by atoms with Crippen molar-refractivity contribution >= 4 is 10.0 Å². The first-order valence-electron chi connectivity index (χ1n) is 8.47. The summed E-state index contributed by atoms with van der Waals surface area (Å²) >= 11 is 0. The first kappa shape index (κ1) is 17.8. The normalized spacial score (nSPS) is 18.5. The summed E-state index contributed by atoms with van der Waals surface area (Å²) in [5.41, 5.74) is 1.58. The Labute approximate surface area is 156 Å². The number of aryl methyl sites for hydroxylation is 1. The van der Waals surface area contributed by atoms with Crippen LogP contribution in [0.1, 0.15) is 17.6 Å². The number of hydrogen-bond donors (Lipinski definition) is 0. The predicted molar refractivity (Wildman–Crippen MR) is 96.2 cm³/mol. The Balaban J connectivity index is 1.55. The van der Waals surface area contributed by atoms with Gasteiger partial charge in [0.15, 0.2) is 6.10 Å². The highest BCUT2D eigenvalue weighted by atomic mass is 32.2. The number of benzene rings is 1. The van der Waals surface area contributed by atoms with E-state index in [2.05, 4.69) is 15.1 Å². The van der Waals surface area contributed by atoms with Crippen molar-refractivity contribution < 1.29 is 17.7 Å². The predicted octanol–water partition coefficient (Wildman–Crippen LogP) is 2.20. The summed E-state index contributed by atoms with van der Waals surface area (Å²) in [5.74, 6) is 0.576. The van der Waals surface area contributed by atoms with Gasteiger partial charge in [0.2, 0.25) is 15.8 Å². The molecule has 0 saturated carbocycles. The van der Waals surface area contributed by atoms with Gasteiger partial charge in [-0.3, -0.25) is 4.98 Å². The van der Waals surface area contributed by atoms with E-state index in [0.717, 1.165) is 5.56 Å². The minimum absolute atomic E-state index is 0.111. The molecule has 9 heteroatoms. The zero-order chi connectivity index (χ0) is 18.9. The van der Waals surface area contributed by atoms with Gasteiger partial charge in [-0.15, -0.1) is 0 Å². The minimum Gasteiger partial charge on any atom is -0.366 e. The van der Waals surface area contributed by atoms with Crippen LogP contribution in [0.15, 0.2) is 58.1 Å². The van der Waals surface area contributed by atoms with Crippen molar-refractivity contribution in [2.24, 2.45) is 0 Å². The largest absolute Gasteiger partial charge is 0.366 e. The van der Waals surface area contributed by atoms with E-state index in [1.54, 1.807) is 42.6 Å². The molecule has 0 spiro atoms. The summed E-state index contributed by atoms with van der Waals surface area (Å²) in [6.07, 6.45) is 1.02. The van der Waals surface area contributed by atoms with Crippen molar-refractivity contribution in [3.05, 3.63) is 60.1 Å². The highest BCUT2D eigenvalue weighted by Gasteiger charge is 2.34. The molecule has 3 heterocycles. The fourth-order valence-electron chi connectivity index (χ4n) is 2.82. The van der Waals surface area contributed by atoms with E-state index in [1.807, 2.05) is 13.0 Å². The van der Waals surface area contributed by atoms with Gasteiger partial charge in [-0.1, -0.05) is 28.9 Å². The Bertz CT molecular complexity index is 1020. The van der Waals surface area contributed by atoms with Crippen molar-refractivity contribution in [2.75, 3.05) is 19.7 Å². The fourth-order valence-corrected chi connectivity index (χ4v) is 4.24. The molecule has 1 aromatic carbocycles. The summed E-state index contributed by atoms with van der Waals surface area (Å²) in [6, 6.07) is 12.2. The molecule has 0 amide bonds. The molecule has 2 aromatic heterocycles. The van der Waals surface area contributed by atoms with Crippen molar-refractivity contribution in [2.45, 2.75) is 17.9 Å². The van der Waals surface area contributed by atoms with E-state index in [1.165, 1.54) is 4.31 Å². The maximum Gasteiger partial charge on any atom is 0.257 e. The number of hydrogen-bond acceptors (Lipinski definition) is 7. The zero-order valence-electron chi connectivity index (χ0n) is 14.6. The van der Waals surface area contributed by atoms with Crippen molar-refractivity contribution in [3.8, 4) is 11.5 Å². The second-order valence-corrected chi connectivity index (χ2v) is 8.14. The molecule has 27 heavy (non-hydrogen) atoms. The molecule has 4 rings (SSSR count). The third kappa shape index (κ3) is 3.61. The lowest BCUT2D eigenvalue weighted by molar-refractivity contribution is -0.0199. The molecule has 3 aromatic rings. The first-order chi connectivity index (χ1) is 13.0. The van der Waals surface area contributed by atoms with Crippen LogP contribution in [-0.4, -0.2) is 47.5 Å². The fraction of sp³-hybridized carbons (Fsp3) is 0.278. The number of rotatable bonds is 4. The number of nitrogens with zero attached hydrogens (tertiary/aromatic N) is 4. The lowest BCUT2D eigenvalue weighted by Gasteiger charge is -2.30. The molecule has 1 saturated heterocycles. The average molecular weight is 386 g/mol. The molecule has 0 N–H and O–H groups in total. The van der Waals surface area contributed by atoms with Gasteiger partial charge in [0.1, 0.15) is 5.69 Å². The lowest BCUT2D eigenvalue weighted by atomic mass is 10.2. The molecule has 0 aliphatic carbocycles. The van der Waals surface area contributed by atoms with Crippen LogP contribution in [0, 0.1) is 6.92 Å². The Kier molecular flexibility index (Phi) is 4.73. The first-order valence-corrected chi connectivity index (χ1v) is 9.91. The monoisotopic (exact) mass is 386 g/mol. The van der Waals surface area contributed by atoms with Crippen molar-refractivity contribution in [1.29, 1.82) is 0 Å². The summed E-state index contributed by atoms with van der Waals surface area (Å²) < 4.78 is 38.1. The summed E-state index contributed by atoms with van der Waals surface area (Å²) in [5, 5.41) is 3.92. The molecule has 1 aliphatic rings. The third-order valence-corrected chi connectivity index (χ3v) is 6.18. The quantitative estimate of drug-likeness (QED) is 0.678. The summed E-state index contributed by atoms with van der Waals surface area (Å²) in [4.78, 5) is 8.75. The number of ether oxygens (including phenoxy) is 1. The van der Waals surface area contributed by atoms with E-state index in [9.17, 15) is 8.42 Å². The van der Waals surface area contributed by atoms with Crippen LogP contribution in [-0.2, 0) is 14.8 Å². The molecule has 0 bridgehead atoms. The van der Waals surface area contributed by atoms with Gasteiger partial charge in [0.05, 0.1) is 11.5 Å². The third-order valence-electron chi connectivity index (χ3n) is 4.30. The summed E-state index contributed by atoms with van der Waals surface area (Å²) in [6.45, 7) is 2.54. The van der Waals surface area contributed by atoms with Gasteiger partial charge < -0.3 is 9.26 Å². The maximum atomic E-state index is 12.9. The van der Waals surface area contributed by atoms with Gasteiger partial charge in [-0.05, 0) is 31.2 Å². The SMILES string of the molecule is Cc1ccc(S(=O)(=O)N2CCO[C@H](c3nc(-c4ccccn4)no3)C2)cc1. The van der Waals surface area contributed by atoms with E-state index in [4.69, 9.17) is 9.26 Å². The van der Waals surface area contributed by atoms with Crippen LogP contribution in [0.2, 0.25) is 0 Å². The molecule has 8 nitrogen and oxygen atoms in total. The van der Waals surface area contributed by atoms with Crippen LogP contribution < -0.4 is 0 Å². The Morgan fingerprint density at radius 2 is 1.96 bits per heavy atom. The van der Waals surface area contributed by atoms with E-state index < -0.39 is 16.1 Å². The molecular formula is C18H18N4O4S. The zero-order valence-corrected chi connectivity index (χ0v) is 15.5. The standard InChI is InChI=1S/C18H18N4O4S/c1-13-5-7-14(8-6-13)27(23,24)22-10-11-25-16(12-22)18-20-17(21-26-18)15-4-2-3-9-19-15/h2-9,16H,10-12H2,1H3/t16-/m0/s1. The smallest absolute Gasteiger partial charge is 0.257 e. The highest BCUT2D eigenvalue weighted by molar-refractivity contribution is 7.89. The molecule has 0 unspecified atom stereocenters. The molecular weight excluding hydrogens is 368 g/mol. The van der Waals surface area contributed by atoms with Gasteiger partial charge in [-0.2, -0.15) is 9.29 Å². The Morgan fingerprint density at radius 3 is 2.70 bits per heavy atom. The number of pyridine rings is 1. The second kappa shape index (κ2) is 7.18. The number of aromatic nitrogens is 3. The van der Waals surface area contributed by atoms with Crippen LogP contribution in [0.25, 0.3) is 11.5 Å². The lowest BCUT2D eigenvalue weighted by Crippen LogP contribution is -2.42. The summed E-state index contributed by atoms with van der Waals surface area (Å²) in [7, 11) is -3.61. The molecule has 1 fully saturated rings. The Morgan fingerprint density at radius 1 is 1.15 bits per heavy atom. The van der Waals surface area contributed by atoms with Gasteiger partial charge in [0.25, 0.3) is 5.89 Å². The van der Waals surface area contributed by atoms with Crippen LogP contribution >= 0.6 is 0 Å². The maximum absolute atomic E-state index is 12.9. The molecule has 140 valence electrons. The van der Waals surface area contributed by atoms with Crippen LogP contribution in [0.3, 0.4) is 0 Å². The van der Waals surface area contributed by atoms with Gasteiger partial charge >= 0.3 is 0 Å². The van der Waals surface area contributed by atoms with E-state index in [0.29, 0.717) is 11.5 Å². The highest BCUT2D eigenvalue weighted by Crippen LogP contribution is 2.27. The number of sulfonamides is 1. The van der Waals surface area contributed by atoms with Crippen LogP contribution in [0.4, 0.5) is 0 Å². The van der Waals surface area contributed by atoms with E-state index in [-0.39, 0.29) is 30.5 Å². The topological polar surface area (TPSA) is 98.4 Å². The molecule has 1 atom stereocenters. The van der Waals surface area contributed by atoms with Crippen LogP contribution in [0.5, 0.6) is 0 Å². The minimum atomic E-state index is -3.61. The number of morpholine rings is 1. The van der Waals surface area contributed by atoms with Crippen molar-refractivity contribution in [3.63, 3.8) is 0 Å². The molecule has 0 radical (unpaired) electrons.